The summed E-state index contributed by atoms with van der Waals surface area (Å²) in [6.45, 7) is 0. The molecular formula is C16H12N2O. The maximum atomic E-state index is 5.76. The first-order valence-electron chi connectivity index (χ1n) is 6.28. The fourth-order valence-corrected chi connectivity index (χ4v) is 2.43. The van der Waals surface area contributed by atoms with Crippen LogP contribution in [0.15, 0.2) is 64.0 Å². The van der Waals surface area contributed by atoms with Crippen LogP contribution in [-0.2, 0) is 0 Å². The van der Waals surface area contributed by atoms with Gasteiger partial charge in [-0.2, -0.15) is 0 Å². The molecule has 0 aliphatic carbocycles. The fraction of sp³-hybridized carbons (Fsp3) is 0.0625. The second-order valence-electron chi connectivity index (χ2n) is 4.57. The maximum Gasteiger partial charge on any atom is 0.169 e. The van der Waals surface area contributed by atoms with Gasteiger partial charge in [0.2, 0.25) is 0 Å². The molecule has 3 nitrogen and oxygen atoms in total. The van der Waals surface area contributed by atoms with Crippen molar-refractivity contribution in [1.29, 1.82) is 0 Å². The average Bonchev–Trinajstić information content (AvgIpc) is 2.86. The Labute approximate surface area is 110 Å². The summed E-state index contributed by atoms with van der Waals surface area (Å²) in [7, 11) is 0. The fourth-order valence-electron chi connectivity index (χ4n) is 2.43. The van der Waals surface area contributed by atoms with Crippen LogP contribution in [0.5, 0.6) is 0 Å². The van der Waals surface area contributed by atoms with Gasteiger partial charge in [-0.3, -0.25) is 4.99 Å². The molecule has 0 bridgehead atoms. The molecule has 4 rings (SSSR count). The number of nitrogens with zero attached hydrogens (tertiary/aromatic N) is 1. The molecule has 1 unspecified atom stereocenters. The Morgan fingerprint density at radius 3 is 2.63 bits per heavy atom. The second-order valence-corrected chi connectivity index (χ2v) is 4.57. The van der Waals surface area contributed by atoms with Crippen molar-refractivity contribution in [2.75, 3.05) is 5.32 Å². The number of fused-ring (bicyclic) bond motifs is 3. The molecule has 2 aromatic carbocycles. The first-order valence-corrected chi connectivity index (χ1v) is 6.28. The molecular weight excluding hydrogens is 236 g/mol. The molecule has 1 aliphatic rings. The van der Waals surface area contributed by atoms with Crippen molar-refractivity contribution in [1.82, 2.24) is 0 Å². The highest BCUT2D eigenvalue weighted by atomic mass is 16.3. The number of hydrogen-bond acceptors (Lipinski definition) is 3. The smallest absolute Gasteiger partial charge is 0.169 e. The van der Waals surface area contributed by atoms with Crippen LogP contribution in [0.1, 0.15) is 17.5 Å². The van der Waals surface area contributed by atoms with Gasteiger partial charge >= 0.3 is 0 Å². The van der Waals surface area contributed by atoms with E-state index in [1.165, 1.54) is 0 Å². The Morgan fingerprint density at radius 1 is 0.947 bits per heavy atom. The Kier molecular flexibility index (Phi) is 2.18. The van der Waals surface area contributed by atoms with Gasteiger partial charge in [-0.05, 0) is 17.7 Å². The largest absolute Gasteiger partial charge is 0.453 e. The molecule has 92 valence electrons. The zero-order valence-electron chi connectivity index (χ0n) is 10.2. The number of benzene rings is 2. The number of hydrogen-bond donors (Lipinski definition) is 1. The molecule has 3 aromatic rings. The molecule has 1 N–H and O–H groups in total. The van der Waals surface area contributed by atoms with Crippen molar-refractivity contribution >= 4 is 22.9 Å². The maximum absolute atomic E-state index is 5.76. The van der Waals surface area contributed by atoms with E-state index in [0.717, 1.165) is 28.0 Å². The molecule has 0 amide bonds. The number of anilines is 1. The predicted octanol–water partition coefficient (Wildman–Crippen LogP) is 3.98. The topological polar surface area (TPSA) is 37.5 Å². The van der Waals surface area contributed by atoms with E-state index in [2.05, 4.69) is 28.5 Å². The minimum atomic E-state index is -0.0466. The van der Waals surface area contributed by atoms with Crippen LogP contribution < -0.4 is 5.32 Å². The van der Waals surface area contributed by atoms with Crippen LogP contribution in [0.4, 0.5) is 5.69 Å². The molecule has 1 aromatic heterocycles. The summed E-state index contributed by atoms with van der Waals surface area (Å²) in [5, 5.41) is 4.55. The lowest BCUT2D eigenvalue weighted by molar-refractivity contribution is 0.603. The van der Waals surface area contributed by atoms with Gasteiger partial charge in [0.25, 0.3) is 0 Å². The minimum absolute atomic E-state index is 0.0466. The number of rotatable bonds is 1. The number of nitrogens with one attached hydrogen (secondary N) is 1. The number of furan rings is 1. The van der Waals surface area contributed by atoms with E-state index in [1.54, 1.807) is 0 Å². The molecule has 3 heteroatoms. The quantitative estimate of drug-likeness (QED) is 0.707. The Bertz CT molecular complexity index is 759. The van der Waals surface area contributed by atoms with Crippen molar-refractivity contribution < 1.29 is 4.42 Å². The Morgan fingerprint density at radius 2 is 1.74 bits per heavy atom. The normalized spacial score (nSPS) is 17.2. The SMILES string of the molecule is C1=NC(c2ccccc2)Nc2c1oc1ccccc21. The van der Waals surface area contributed by atoms with Gasteiger partial charge in [-0.25, -0.2) is 0 Å². The molecule has 1 aliphatic heterocycles. The van der Waals surface area contributed by atoms with E-state index >= 15 is 0 Å². The highest BCUT2D eigenvalue weighted by Gasteiger charge is 2.20. The Balaban J connectivity index is 1.81. The van der Waals surface area contributed by atoms with Gasteiger partial charge in [-0.15, -0.1) is 0 Å². The average molecular weight is 248 g/mol. The molecule has 0 radical (unpaired) electrons. The number of para-hydroxylation sites is 1. The van der Waals surface area contributed by atoms with E-state index in [4.69, 9.17) is 4.42 Å². The lowest BCUT2D eigenvalue weighted by atomic mass is 10.1. The third kappa shape index (κ3) is 1.63. The van der Waals surface area contributed by atoms with Crippen molar-refractivity contribution in [2.24, 2.45) is 4.99 Å². The van der Waals surface area contributed by atoms with Crippen LogP contribution in [0.3, 0.4) is 0 Å². The highest BCUT2D eigenvalue weighted by Crippen LogP contribution is 2.35. The van der Waals surface area contributed by atoms with Crippen molar-refractivity contribution in [3.63, 3.8) is 0 Å². The molecule has 0 fully saturated rings. The second kappa shape index (κ2) is 3.99. The first-order chi connectivity index (χ1) is 9.42. The van der Waals surface area contributed by atoms with Crippen LogP contribution in [-0.4, -0.2) is 6.21 Å². The first kappa shape index (κ1) is 10.4. The lowest BCUT2D eigenvalue weighted by Gasteiger charge is -2.19. The van der Waals surface area contributed by atoms with E-state index in [0.29, 0.717) is 0 Å². The molecule has 1 atom stereocenters. The van der Waals surface area contributed by atoms with Crippen LogP contribution in [0.25, 0.3) is 11.0 Å². The monoisotopic (exact) mass is 248 g/mol. The predicted molar refractivity (Wildman–Crippen MR) is 76.6 cm³/mol. The minimum Gasteiger partial charge on any atom is -0.453 e. The molecule has 2 heterocycles. The van der Waals surface area contributed by atoms with Crippen molar-refractivity contribution in [2.45, 2.75) is 6.17 Å². The number of aliphatic imine (C=N–C) groups is 1. The van der Waals surface area contributed by atoms with Crippen LogP contribution in [0, 0.1) is 0 Å². The van der Waals surface area contributed by atoms with Gasteiger partial charge < -0.3 is 9.73 Å². The van der Waals surface area contributed by atoms with Crippen LogP contribution >= 0.6 is 0 Å². The molecule has 0 spiro atoms. The van der Waals surface area contributed by atoms with Gasteiger partial charge in [0.1, 0.15) is 11.7 Å². The van der Waals surface area contributed by atoms with E-state index in [1.807, 2.05) is 42.6 Å². The molecule has 19 heavy (non-hydrogen) atoms. The zero-order chi connectivity index (χ0) is 12.7. The van der Waals surface area contributed by atoms with Gasteiger partial charge in [0, 0.05) is 5.39 Å². The van der Waals surface area contributed by atoms with E-state index in [-0.39, 0.29) is 6.17 Å². The van der Waals surface area contributed by atoms with Gasteiger partial charge in [-0.1, -0.05) is 42.5 Å². The lowest BCUT2D eigenvalue weighted by Crippen LogP contribution is -2.13. The summed E-state index contributed by atoms with van der Waals surface area (Å²) in [6.07, 6.45) is 1.76. The molecule has 0 saturated heterocycles. The summed E-state index contributed by atoms with van der Waals surface area (Å²) >= 11 is 0. The van der Waals surface area contributed by atoms with Crippen LogP contribution in [0.2, 0.25) is 0 Å². The standard InChI is InChI=1S/C16H12N2O/c1-2-6-11(7-3-1)16-17-10-14-15(18-16)12-8-4-5-9-13(12)19-14/h1-10,16,18H. The third-order valence-electron chi connectivity index (χ3n) is 3.36. The third-order valence-corrected chi connectivity index (χ3v) is 3.36. The summed E-state index contributed by atoms with van der Waals surface area (Å²) in [5.41, 5.74) is 3.06. The van der Waals surface area contributed by atoms with E-state index < -0.39 is 0 Å². The summed E-state index contributed by atoms with van der Waals surface area (Å²) in [5.74, 6) is 0.799. The van der Waals surface area contributed by atoms with Gasteiger partial charge in [0.15, 0.2) is 5.76 Å². The molecule has 0 saturated carbocycles. The summed E-state index contributed by atoms with van der Waals surface area (Å²) in [4.78, 5) is 4.51. The highest BCUT2D eigenvalue weighted by molar-refractivity contribution is 6.02. The van der Waals surface area contributed by atoms with Gasteiger partial charge in [0.05, 0.1) is 11.9 Å². The van der Waals surface area contributed by atoms with Crippen molar-refractivity contribution in [3.05, 3.63) is 65.9 Å². The zero-order valence-corrected chi connectivity index (χ0v) is 10.2. The van der Waals surface area contributed by atoms with E-state index in [9.17, 15) is 0 Å². The van der Waals surface area contributed by atoms with Crippen molar-refractivity contribution in [3.8, 4) is 0 Å². The summed E-state index contributed by atoms with van der Waals surface area (Å²) < 4.78 is 5.76. The summed E-state index contributed by atoms with van der Waals surface area (Å²) in [6, 6.07) is 18.2. The Hall–Kier alpha value is -2.55.